The van der Waals surface area contributed by atoms with Crippen molar-refractivity contribution in [2.24, 2.45) is 10.7 Å². The van der Waals surface area contributed by atoms with Gasteiger partial charge in [0.2, 0.25) is 0 Å². The maximum Gasteiger partial charge on any atom is 0.258 e. The number of nitrogens with one attached hydrogen (secondary N) is 3. The van der Waals surface area contributed by atoms with Crippen LogP contribution in [0.15, 0.2) is 71.6 Å². The van der Waals surface area contributed by atoms with Crippen molar-refractivity contribution >= 4 is 47.0 Å². The number of benzene rings is 2. The molecule has 218 valence electrons. The van der Waals surface area contributed by atoms with Gasteiger partial charge in [0.1, 0.15) is 0 Å². The summed E-state index contributed by atoms with van der Waals surface area (Å²) >= 11 is 5.87. The number of nitrogen functional groups attached to an aromatic ring is 1. The van der Waals surface area contributed by atoms with E-state index in [1.807, 2.05) is 50.2 Å². The van der Waals surface area contributed by atoms with E-state index in [2.05, 4.69) is 29.1 Å². The maximum absolute atomic E-state index is 11.9. The van der Waals surface area contributed by atoms with Gasteiger partial charge in [0, 0.05) is 66.3 Å². The van der Waals surface area contributed by atoms with Crippen LogP contribution in [0.1, 0.15) is 60.9 Å². The monoisotopic (exact) mass is 575 g/mol. The minimum atomic E-state index is -0.253. The lowest BCUT2D eigenvalue weighted by atomic mass is 10.0. The fourth-order valence-corrected chi connectivity index (χ4v) is 3.90. The van der Waals surface area contributed by atoms with Gasteiger partial charge in [-0.2, -0.15) is 0 Å². The lowest BCUT2D eigenvalue weighted by molar-refractivity contribution is -0.112. The Morgan fingerprint density at radius 1 is 1.12 bits per heavy atom. The number of hydrogen-bond acceptors (Lipinski definition) is 7. The van der Waals surface area contributed by atoms with Gasteiger partial charge in [0.25, 0.3) is 5.91 Å². The van der Waals surface area contributed by atoms with E-state index in [9.17, 15) is 4.79 Å². The van der Waals surface area contributed by atoms with Crippen LogP contribution < -0.4 is 16.8 Å². The molecule has 7 N–H and O–H groups in total. The third-order valence-corrected chi connectivity index (χ3v) is 6.33. The number of carbonyl (C=O) groups excluding carboxylic acids is 1. The smallest absolute Gasteiger partial charge is 0.258 e. The number of aromatic nitrogens is 1. The number of aliphatic imine (C=N–C) groups is 1. The number of anilines is 2. The van der Waals surface area contributed by atoms with E-state index in [0.29, 0.717) is 21.8 Å². The summed E-state index contributed by atoms with van der Waals surface area (Å²) in [7, 11) is 1.60. The Hall–Kier alpha value is -4.30. The molecule has 3 aromatic rings. The summed E-state index contributed by atoms with van der Waals surface area (Å²) in [4.78, 5) is 19.6. The maximum atomic E-state index is 11.9. The molecule has 0 radical (unpaired) electrons. The van der Waals surface area contributed by atoms with E-state index >= 15 is 0 Å². The zero-order chi connectivity index (χ0) is 30.8. The number of halogens is 1. The van der Waals surface area contributed by atoms with Crippen LogP contribution in [0.25, 0.3) is 0 Å². The molecule has 0 aliphatic heterocycles. The highest BCUT2D eigenvalue weighted by Gasteiger charge is 2.07. The second kappa shape index (κ2) is 18.9. The number of aryl methyl sites for hydroxylation is 3. The Kier molecular flexibility index (Phi) is 16.0. The second-order valence-electron chi connectivity index (χ2n) is 9.18. The summed E-state index contributed by atoms with van der Waals surface area (Å²) in [6.45, 7) is 8.09. The van der Waals surface area contributed by atoms with Crippen molar-refractivity contribution in [3.63, 3.8) is 0 Å². The first-order chi connectivity index (χ1) is 19.6. The molecule has 0 bridgehead atoms. The predicted octanol–water partition coefficient (Wildman–Crippen LogP) is 6.91. The van der Waals surface area contributed by atoms with E-state index in [0.717, 1.165) is 53.8 Å². The predicted molar refractivity (Wildman–Crippen MR) is 175 cm³/mol. The van der Waals surface area contributed by atoms with Crippen molar-refractivity contribution in [2.75, 3.05) is 18.1 Å². The van der Waals surface area contributed by atoms with Crippen molar-refractivity contribution in [3.05, 3.63) is 99.5 Å². The lowest BCUT2D eigenvalue weighted by Crippen LogP contribution is -2.16. The molecule has 0 fully saturated rings. The first-order valence-electron chi connectivity index (χ1n) is 13.4. The molecule has 0 spiro atoms. The van der Waals surface area contributed by atoms with E-state index in [1.54, 1.807) is 25.5 Å². The third-order valence-electron chi connectivity index (χ3n) is 5.83. The van der Waals surface area contributed by atoms with E-state index in [4.69, 9.17) is 33.9 Å². The number of pyridine rings is 1. The Morgan fingerprint density at radius 3 is 2.41 bits per heavy atom. The molecule has 1 aromatic heterocycles. The Bertz CT molecular complexity index is 1370. The number of hydrogen-bond donors (Lipinski definition) is 5. The van der Waals surface area contributed by atoms with E-state index in [1.165, 1.54) is 24.2 Å². The zero-order valence-electron chi connectivity index (χ0n) is 24.6. The average molecular weight is 576 g/mol. The van der Waals surface area contributed by atoms with Gasteiger partial charge < -0.3 is 27.6 Å². The second-order valence-corrected chi connectivity index (χ2v) is 9.55. The highest BCUT2D eigenvalue weighted by molar-refractivity contribution is 6.34. The number of amides is 1. The highest BCUT2D eigenvalue weighted by Crippen LogP contribution is 2.23. The quantitative estimate of drug-likeness (QED) is 0.107. The van der Waals surface area contributed by atoms with Crippen LogP contribution in [0.4, 0.5) is 11.4 Å². The molecule has 8 nitrogen and oxygen atoms in total. The van der Waals surface area contributed by atoms with Crippen molar-refractivity contribution in [2.45, 2.75) is 53.4 Å². The number of carbonyl (C=O) groups is 1. The first-order valence-corrected chi connectivity index (χ1v) is 13.8. The molecule has 0 saturated carbocycles. The van der Waals surface area contributed by atoms with Crippen molar-refractivity contribution in [3.8, 4) is 0 Å². The molecule has 0 aliphatic rings. The standard InChI is InChI=1S/C14H19N3O.C10H14N2.C8H9ClN2/c1-3-5-11-6-4-7-13(8-11)17-14(18)12(9-15)10-16-2;1-3-4-10(11)9-5-6-12-7-8(9)2;1-5-2-3-7(11)6(4-10)8(5)9/h4,6-10H,3,5,15H2,1-2H3,(H,17,18);5-7,11H,3-4H2,1-2H3;2-4,10H,11H2,1H3/b12-9+,16-10?;;. The average Bonchev–Trinajstić information content (AvgIpc) is 2.95. The van der Waals surface area contributed by atoms with Crippen LogP contribution >= 0.6 is 11.6 Å². The molecule has 0 atom stereocenters. The minimum absolute atomic E-state index is 0.253. The van der Waals surface area contributed by atoms with Crippen LogP contribution in [-0.4, -0.2) is 36.1 Å². The largest absolute Gasteiger partial charge is 0.404 e. The summed E-state index contributed by atoms with van der Waals surface area (Å²) in [5, 5.41) is 18.1. The number of rotatable bonds is 9. The van der Waals surface area contributed by atoms with Gasteiger partial charge in [0.05, 0.1) is 10.6 Å². The molecular formula is C32H42ClN7O. The fraction of sp³-hybridized carbons (Fsp3) is 0.281. The summed E-state index contributed by atoms with van der Waals surface area (Å²) in [6.07, 6.45) is 11.4. The van der Waals surface area contributed by atoms with Crippen molar-refractivity contribution in [1.82, 2.24) is 4.98 Å². The molecule has 0 saturated heterocycles. The van der Waals surface area contributed by atoms with Gasteiger partial charge in [-0.25, -0.2) is 0 Å². The van der Waals surface area contributed by atoms with Crippen LogP contribution in [0.3, 0.4) is 0 Å². The van der Waals surface area contributed by atoms with Gasteiger partial charge in [-0.1, -0.05) is 56.5 Å². The van der Waals surface area contributed by atoms with Crippen molar-refractivity contribution in [1.29, 1.82) is 10.8 Å². The SMILES string of the molecule is CCCC(=N)c1ccncc1C.CCCc1cccc(NC(=O)/C(C=NC)=C/N)c1.Cc1ccc(N)c(C=N)c1Cl. The van der Waals surface area contributed by atoms with Crippen LogP contribution in [0.5, 0.6) is 0 Å². The van der Waals surface area contributed by atoms with Crippen LogP contribution in [0, 0.1) is 24.7 Å². The summed E-state index contributed by atoms with van der Waals surface area (Å²) in [5.74, 6) is -0.253. The Labute approximate surface area is 249 Å². The third kappa shape index (κ3) is 11.8. The van der Waals surface area contributed by atoms with Gasteiger partial charge >= 0.3 is 0 Å². The molecule has 1 amide bonds. The van der Waals surface area contributed by atoms with Gasteiger partial charge in [0.15, 0.2) is 0 Å². The molecule has 9 heteroatoms. The van der Waals surface area contributed by atoms with E-state index in [-0.39, 0.29) is 5.91 Å². The summed E-state index contributed by atoms with van der Waals surface area (Å²) < 4.78 is 0. The molecule has 1 heterocycles. The lowest BCUT2D eigenvalue weighted by Gasteiger charge is -2.07. The van der Waals surface area contributed by atoms with Gasteiger partial charge in [-0.3, -0.25) is 14.8 Å². The van der Waals surface area contributed by atoms with Crippen LogP contribution in [-0.2, 0) is 11.2 Å². The summed E-state index contributed by atoms with van der Waals surface area (Å²) in [6, 6.07) is 13.3. The zero-order valence-corrected chi connectivity index (χ0v) is 25.3. The summed E-state index contributed by atoms with van der Waals surface area (Å²) in [5.41, 5.74) is 18.2. The van der Waals surface area contributed by atoms with Crippen molar-refractivity contribution < 1.29 is 4.79 Å². The van der Waals surface area contributed by atoms with Gasteiger partial charge in [-0.05, 0) is 67.6 Å². The molecule has 0 aliphatic carbocycles. The molecular weight excluding hydrogens is 534 g/mol. The fourth-order valence-electron chi connectivity index (χ4n) is 3.67. The highest BCUT2D eigenvalue weighted by atomic mass is 35.5. The minimum Gasteiger partial charge on any atom is -0.404 e. The molecule has 41 heavy (non-hydrogen) atoms. The Balaban J connectivity index is 0.000000320. The van der Waals surface area contributed by atoms with E-state index < -0.39 is 0 Å². The van der Waals surface area contributed by atoms with Crippen LogP contribution in [0.2, 0.25) is 5.02 Å². The molecule has 0 unspecified atom stereocenters. The normalized spacial score (nSPS) is 10.6. The molecule has 3 rings (SSSR count). The topological polar surface area (TPSA) is 154 Å². The Morgan fingerprint density at radius 2 is 1.85 bits per heavy atom. The van der Waals surface area contributed by atoms with Gasteiger partial charge in [-0.15, -0.1) is 0 Å². The number of nitrogens with two attached hydrogens (primary N) is 2. The molecule has 2 aromatic carbocycles. The number of nitrogens with zero attached hydrogens (tertiary/aromatic N) is 2. The first kappa shape index (κ1) is 34.7.